The summed E-state index contributed by atoms with van der Waals surface area (Å²) in [5.74, 6) is 0.203. The number of carbonyl (C=O) groups excluding carboxylic acids is 1. The summed E-state index contributed by atoms with van der Waals surface area (Å²) in [6.45, 7) is 1.37. The van der Waals surface area contributed by atoms with Crippen molar-refractivity contribution < 1.29 is 4.79 Å². The van der Waals surface area contributed by atoms with Crippen LogP contribution in [-0.4, -0.2) is 18.9 Å². The first-order chi connectivity index (χ1) is 8.22. The zero-order valence-corrected chi connectivity index (χ0v) is 10.8. The summed E-state index contributed by atoms with van der Waals surface area (Å²) in [6, 6.07) is 7.65. The van der Waals surface area contributed by atoms with Crippen molar-refractivity contribution in [1.29, 1.82) is 0 Å². The molecule has 0 atom stereocenters. The molecule has 0 fully saturated rings. The number of fused-ring (bicyclic) bond motifs is 1. The number of Topliss-reactive ketones (excluding diaryl/α,β-unsaturated/α-hetero) is 1. The Morgan fingerprint density at radius 3 is 2.94 bits per heavy atom. The standard InChI is InChI=1S/C13H13Cl2NO/c14-8-10(15)9-16-7-3-6-13(17)11-4-1-2-5-12(11)16/h1-2,4-5,8H,3,6-7,9H2/b10-8+. The lowest BCUT2D eigenvalue weighted by Crippen LogP contribution is -2.25. The first kappa shape index (κ1) is 12.5. The van der Waals surface area contributed by atoms with Crippen molar-refractivity contribution >= 4 is 34.7 Å². The molecule has 0 N–H and O–H groups in total. The summed E-state index contributed by atoms with van der Waals surface area (Å²) in [5.41, 5.74) is 3.10. The third-order valence-electron chi connectivity index (χ3n) is 2.84. The van der Waals surface area contributed by atoms with Crippen LogP contribution in [0.5, 0.6) is 0 Å². The van der Waals surface area contributed by atoms with Gasteiger partial charge in [0.25, 0.3) is 0 Å². The molecule has 2 rings (SSSR count). The monoisotopic (exact) mass is 269 g/mol. The van der Waals surface area contributed by atoms with Crippen LogP contribution in [0.25, 0.3) is 0 Å². The summed E-state index contributed by atoms with van der Waals surface area (Å²) in [5, 5.41) is 0.579. The van der Waals surface area contributed by atoms with E-state index >= 15 is 0 Å². The number of ketones is 1. The maximum atomic E-state index is 11.9. The maximum absolute atomic E-state index is 11.9. The first-order valence-corrected chi connectivity index (χ1v) is 6.35. The quantitative estimate of drug-likeness (QED) is 0.814. The molecule has 0 bridgehead atoms. The van der Waals surface area contributed by atoms with Crippen molar-refractivity contribution in [2.24, 2.45) is 0 Å². The van der Waals surface area contributed by atoms with Crippen molar-refractivity contribution in [3.8, 4) is 0 Å². The minimum Gasteiger partial charge on any atom is -0.366 e. The van der Waals surface area contributed by atoms with Crippen LogP contribution in [0.2, 0.25) is 0 Å². The predicted octanol–water partition coefficient (Wildman–Crippen LogP) is 3.79. The Balaban J connectivity index is 2.35. The van der Waals surface area contributed by atoms with Gasteiger partial charge in [0.2, 0.25) is 0 Å². The van der Waals surface area contributed by atoms with E-state index in [1.807, 2.05) is 24.3 Å². The highest BCUT2D eigenvalue weighted by molar-refractivity contribution is 6.36. The number of para-hydroxylation sites is 1. The number of anilines is 1. The number of halogens is 2. The number of carbonyl (C=O) groups is 1. The van der Waals surface area contributed by atoms with Crippen molar-refractivity contribution in [2.45, 2.75) is 12.8 Å². The molecule has 4 heteroatoms. The van der Waals surface area contributed by atoms with Crippen LogP contribution >= 0.6 is 23.2 Å². The van der Waals surface area contributed by atoms with Crippen molar-refractivity contribution in [3.05, 3.63) is 40.4 Å². The molecule has 2 nitrogen and oxygen atoms in total. The highest BCUT2D eigenvalue weighted by atomic mass is 35.5. The zero-order chi connectivity index (χ0) is 12.3. The third-order valence-corrected chi connectivity index (χ3v) is 3.44. The van der Waals surface area contributed by atoms with E-state index in [1.165, 1.54) is 5.54 Å². The maximum Gasteiger partial charge on any atom is 0.165 e. The summed E-state index contributed by atoms with van der Waals surface area (Å²) in [6.07, 6.45) is 1.44. The fourth-order valence-electron chi connectivity index (χ4n) is 2.05. The molecule has 0 amide bonds. The van der Waals surface area contributed by atoms with Gasteiger partial charge in [-0.1, -0.05) is 35.3 Å². The van der Waals surface area contributed by atoms with Crippen LogP contribution in [0.1, 0.15) is 23.2 Å². The number of hydrogen-bond donors (Lipinski definition) is 0. The molecule has 0 aliphatic carbocycles. The summed E-state index contributed by atoms with van der Waals surface area (Å²) in [4.78, 5) is 14.0. The van der Waals surface area contributed by atoms with Gasteiger partial charge in [0.05, 0.1) is 6.54 Å². The van der Waals surface area contributed by atoms with Crippen LogP contribution in [-0.2, 0) is 0 Å². The van der Waals surface area contributed by atoms with Gasteiger partial charge in [-0.15, -0.1) is 0 Å². The van der Waals surface area contributed by atoms with Gasteiger partial charge in [-0.3, -0.25) is 4.79 Å². The fraction of sp³-hybridized carbons (Fsp3) is 0.308. The summed E-state index contributed by atoms with van der Waals surface area (Å²) >= 11 is 11.5. The van der Waals surface area contributed by atoms with Crippen molar-refractivity contribution in [2.75, 3.05) is 18.0 Å². The Hall–Kier alpha value is -0.990. The summed E-state index contributed by atoms with van der Waals surface area (Å²) in [7, 11) is 0. The van der Waals surface area contributed by atoms with E-state index in [0.29, 0.717) is 18.0 Å². The van der Waals surface area contributed by atoms with Gasteiger partial charge < -0.3 is 4.90 Å². The minimum atomic E-state index is 0.203. The van der Waals surface area contributed by atoms with Crippen LogP contribution in [0, 0.1) is 0 Å². The average Bonchev–Trinajstić information content (AvgIpc) is 2.51. The molecule has 1 aliphatic rings. The number of nitrogens with zero attached hydrogens (tertiary/aromatic N) is 1. The Labute approximate surface area is 111 Å². The molecule has 1 aromatic carbocycles. The SMILES string of the molecule is O=C1CCCN(C/C(Cl)=C\Cl)c2ccccc21. The van der Waals surface area contributed by atoms with Gasteiger partial charge >= 0.3 is 0 Å². The van der Waals surface area contributed by atoms with E-state index in [1.54, 1.807) is 0 Å². The molecule has 1 aliphatic heterocycles. The Kier molecular flexibility index (Phi) is 4.08. The molecule has 0 unspecified atom stereocenters. The molecule has 1 heterocycles. The van der Waals surface area contributed by atoms with Gasteiger partial charge in [0, 0.05) is 34.8 Å². The highest BCUT2D eigenvalue weighted by Crippen LogP contribution is 2.27. The lowest BCUT2D eigenvalue weighted by Gasteiger charge is -2.23. The van der Waals surface area contributed by atoms with Gasteiger partial charge in [0.1, 0.15) is 0 Å². The number of benzene rings is 1. The minimum absolute atomic E-state index is 0.203. The van der Waals surface area contributed by atoms with Crippen LogP contribution < -0.4 is 4.90 Å². The average molecular weight is 270 g/mol. The van der Waals surface area contributed by atoms with E-state index in [0.717, 1.165) is 24.2 Å². The molecule has 17 heavy (non-hydrogen) atoms. The van der Waals surface area contributed by atoms with Gasteiger partial charge in [-0.2, -0.15) is 0 Å². The van der Waals surface area contributed by atoms with Gasteiger partial charge in [0.15, 0.2) is 5.78 Å². The van der Waals surface area contributed by atoms with Gasteiger partial charge in [-0.25, -0.2) is 0 Å². The second-order valence-electron chi connectivity index (χ2n) is 4.02. The molecule has 0 saturated carbocycles. The molecule has 1 aromatic rings. The highest BCUT2D eigenvalue weighted by Gasteiger charge is 2.20. The van der Waals surface area contributed by atoms with Crippen LogP contribution in [0.15, 0.2) is 34.8 Å². The normalized spacial score (nSPS) is 16.7. The molecule has 0 saturated heterocycles. The third kappa shape index (κ3) is 2.82. The van der Waals surface area contributed by atoms with Gasteiger partial charge in [-0.05, 0) is 18.6 Å². The molecular weight excluding hydrogens is 257 g/mol. The smallest absolute Gasteiger partial charge is 0.165 e. The second-order valence-corrected chi connectivity index (χ2v) is 4.73. The molecule has 90 valence electrons. The lowest BCUT2D eigenvalue weighted by molar-refractivity contribution is 0.0984. The fourth-order valence-corrected chi connectivity index (χ4v) is 2.27. The molecule has 0 radical (unpaired) electrons. The topological polar surface area (TPSA) is 20.3 Å². The van der Waals surface area contributed by atoms with Crippen LogP contribution in [0.4, 0.5) is 5.69 Å². The summed E-state index contributed by atoms with van der Waals surface area (Å²) < 4.78 is 0. The zero-order valence-electron chi connectivity index (χ0n) is 9.33. The largest absolute Gasteiger partial charge is 0.366 e. The Bertz CT molecular complexity index is 456. The first-order valence-electron chi connectivity index (χ1n) is 5.54. The molecule has 0 aromatic heterocycles. The Morgan fingerprint density at radius 1 is 1.41 bits per heavy atom. The number of hydrogen-bond acceptors (Lipinski definition) is 2. The number of rotatable bonds is 2. The Morgan fingerprint density at radius 2 is 2.18 bits per heavy atom. The van der Waals surface area contributed by atoms with E-state index in [2.05, 4.69) is 4.90 Å². The van der Waals surface area contributed by atoms with E-state index in [9.17, 15) is 4.79 Å². The van der Waals surface area contributed by atoms with Crippen LogP contribution in [0.3, 0.4) is 0 Å². The second kappa shape index (κ2) is 5.56. The molecular formula is C13H13Cl2NO. The molecule has 0 spiro atoms. The van der Waals surface area contributed by atoms with E-state index in [-0.39, 0.29) is 5.78 Å². The lowest BCUT2D eigenvalue weighted by atomic mass is 10.1. The van der Waals surface area contributed by atoms with E-state index in [4.69, 9.17) is 23.2 Å². The predicted molar refractivity (Wildman–Crippen MR) is 72.0 cm³/mol. The van der Waals surface area contributed by atoms with Crippen molar-refractivity contribution in [3.63, 3.8) is 0 Å². The van der Waals surface area contributed by atoms with E-state index < -0.39 is 0 Å². The van der Waals surface area contributed by atoms with Crippen molar-refractivity contribution in [1.82, 2.24) is 0 Å².